The second-order valence-electron chi connectivity index (χ2n) is 11.1. The van der Waals surface area contributed by atoms with Gasteiger partial charge in [0, 0.05) is 6.61 Å². The van der Waals surface area contributed by atoms with Crippen molar-refractivity contribution in [3.8, 4) is 0 Å². The zero-order valence-electron chi connectivity index (χ0n) is 21.6. The molecule has 0 saturated heterocycles. The minimum absolute atomic E-state index is 0.00562. The van der Waals surface area contributed by atoms with E-state index in [0.29, 0.717) is 23.2 Å². The van der Waals surface area contributed by atoms with Gasteiger partial charge >= 0.3 is 5.97 Å². The van der Waals surface area contributed by atoms with E-state index in [-0.39, 0.29) is 5.97 Å². The normalized spacial score (nSPS) is 13.8. The van der Waals surface area contributed by atoms with Crippen molar-refractivity contribution in [1.29, 1.82) is 0 Å². The van der Waals surface area contributed by atoms with Crippen LogP contribution in [0.1, 0.15) is 61.3 Å². The minimum Gasteiger partial charge on any atom is -0.517 e. The van der Waals surface area contributed by atoms with Crippen LogP contribution in [-0.4, -0.2) is 55.1 Å². The van der Waals surface area contributed by atoms with Crippen LogP contribution in [0.2, 0.25) is 55.4 Å². The zero-order valence-corrected chi connectivity index (χ0v) is 24.6. The van der Waals surface area contributed by atoms with Gasteiger partial charge in [0.05, 0.1) is 6.54 Å². The van der Waals surface area contributed by atoms with Crippen LogP contribution in [-0.2, 0) is 13.6 Å². The molecular formula is C22H51NO3Si3. The Labute approximate surface area is 185 Å². The fourth-order valence-electron chi connectivity index (χ4n) is 4.54. The van der Waals surface area contributed by atoms with E-state index < -0.39 is 24.9 Å². The van der Waals surface area contributed by atoms with Gasteiger partial charge in [-0.15, -0.1) is 0 Å². The largest absolute Gasteiger partial charge is 0.517 e. The maximum absolute atomic E-state index is 13.1. The van der Waals surface area contributed by atoms with Crippen LogP contribution in [0.3, 0.4) is 0 Å². The summed E-state index contributed by atoms with van der Waals surface area (Å²) in [5.41, 5.74) is 1.28. The summed E-state index contributed by atoms with van der Waals surface area (Å²) in [5.74, 6) is -0.00562. The summed E-state index contributed by atoms with van der Waals surface area (Å²) < 4.78 is 15.0. The molecule has 0 bridgehead atoms. The summed E-state index contributed by atoms with van der Waals surface area (Å²) in [5, 5.41) is 0. The predicted molar refractivity (Wildman–Crippen MR) is 135 cm³/mol. The van der Waals surface area contributed by atoms with Gasteiger partial charge in [-0.05, 0) is 55.1 Å². The molecule has 0 aromatic rings. The average molecular weight is 462 g/mol. The van der Waals surface area contributed by atoms with Crippen molar-refractivity contribution in [3.05, 3.63) is 0 Å². The molecule has 174 valence electrons. The van der Waals surface area contributed by atoms with Crippen LogP contribution in [0.15, 0.2) is 0 Å². The summed E-state index contributed by atoms with van der Waals surface area (Å²) in [6, 6.07) is 1.14. The lowest BCUT2D eigenvalue weighted by atomic mass is 10.4. The van der Waals surface area contributed by atoms with Crippen LogP contribution in [0.4, 0.5) is 0 Å². The van der Waals surface area contributed by atoms with Crippen LogP contribution < -0.4 is 0 Å². The molecule has 29 heavy (non-hydrogen) atoms. The number of hydrogen-bond acceptors (Lipinski definition) is 4. The molecule has 0 rings (SSSR count). The average Bonchev–Trinajstić information content (AvgIpc) is 2.55. The first-order valence-electron chi connectivity index (χ1n) is 11.7. The van der Waals surface area contributed by atoms with E-state index >= 15 is 0 Å². The fraction of sp³-hybridized carbons (Fsp3) is 0.955. The maximum Gasteiger partial charge on any atom is 0.306 e. The highest BCUT2D eigenvalue weighted by Crippen LogP contribution is 2.42. The van der Waals surface area contributed by atoms with Crippen molar-refractivity contribution in [2.45, 2.75) is 117 Å². The van der Waals surface area contributed by atoms with Crippen LogP contribution in [0.5, 0.6) is 0 Å². The third-order valence-corrected chi connectivity index (χ3v) is 17.0. The molecule has 4 nitrogen and oxygen atoms in total. The summed E-state index contributed by atoms with van der Waals surface area (Å²) >= 11 is 0. The SMILES string of the molecule is CCCO[Si](C)(C)CCCN(CC(=O)O[Si](C(C)C)(C(C)C)C(C)C)[Si](C)(C)C. The van der Waals surface area contributed by atoms with E-state index in [4.69, 9.17) is 8.85 Å². The molecule has 0 unspecified atom stereocenters. The Morgan fingerprint density at radius 1 is 0.897 bits per heavy atom. The van der Waals surface area contributed by atoms with E-state index in [1.54, 1.807) is 0 Å². The first kappa shape index (κ1) is 29.0. The lowest BCUT2D eigenvalue weighted by molar-refractivity contribution is -0.136. The first-order chi connectivity index (χ1) is 13.1. The Morgan fingerprint density at radius 3 is 1.76 bits per heavy atom. The fourth-order valence-corrected chi connectivity index (χ4v) is 13.0. The van der Waals surface area contributed by atoms with Crippen molar-refractivity contribution in [1.82, 2.24) is 4.57 Å². The van der Waals surface area contributed by atoms with E-state index in [9.17, 15) is 4.79 Å². The highest BCUT2D eigenvalue weighted by Gasteiger charge is 2.48. The number of carbonyl (C=O) groups is 1. The molecule has 0 amide bonds. The van der Waals surface area contributed by atoms with Crippen molar-refractivity contribution >= 4 is 30.8 Å². The lowest BCUT2D eigenvalue weighted by Crippen LogP contribution is -2.54. The summed E-state index contributed by atoms with van der Waals surface area (Å²) in [7, 11) is -5.37. The molecule has 0 atom stereocenters. The highest BCUT2D eigenvalue weighted by atomic mass is 28.4. The smallest absolute Gasteiger partial charge is 0.306 e. The molecular weight excluding hydrogens is 411 g/mol. The molecule has 0 aliphatic rings. The minimum atomic E-state index is -2.17. The third kappa shape index (κ3) is 9.37. The van der Waals surface area contributed by atoms with Crippen LogP contribution >= 0.6 is 0 Å². The van der Waals surface area contributed by atoms with Crippen LogP contribution in [0, 0.1) is 0 Å². The van der Waals surface area contributed by atoms with Crippen molar-refractivity contribution in [2.75, 3.05) is 19.7 Å². The molecule has 0 heterocycles. The molecule has 0 spiro atoms. The lowest BCUT2D eigenvalue weighted by Gasteiger charge is -2.42. The number of hydrogen-bond donors (Lipinski definition) is 0. The topological polar surface area (TPSA) is 38.8 Å². The van der Waals surface area contributed by atoms with Gasteiger partial charge in [0.25, 0.3) is 8.32 Å². The number of nitrogens with zero attached hydrogens (tertiary/aromatic N) is 1. The van der Waals surface area contributed by atoms with Gasteiger partial charge in [0.2, 0.25) is 0 Å². The molecule has 0 radical (unpaired) electrons. The monoisotopic (exact) mass is 461 g/mol. The second-order valence-corrected chi connectivity index (χ2v) is 25.8. The molecule has 0 fully saturated rings. The second kappa shape index (κ2) is 12.2. The Balaban J connectivity index is 5.13. The van der Waals surface area contributed by atoms with Gasteiger partial charge in [-0.2, -0.15) is 0 Å². The Hall–Kier alpha value is 0.0406. The maximum atomic E-state index is 13.1. The van der Waals surface area contributed by atoms with Crippen molar-refractivity contribution in [2.24, 2.45) is 0 Å². The van der Waals surface area contributed by atoms with Gasteiger partial charge in [0.1, 0.15) is 8.24 Å². The van der Waals surface area contributed by atoms with E-state index in [2.05, 4.69) is 85.8 Å². The van der Waals surface area contributed by atoms with Crippen molar-refractivity contribution < 1.29 is 13.6 Å². The first-order valence-corrected chi connectivity index (χ1v) is 20.4. The van der Waals surface area contributed by atoms with Gasteiger partial charge < -0.3 is 13.4 Å². The molecule has 0 aliphatic carbocycles. The van der Waals surface area contributed by atoms with Gasteiger partial charge in [0.15, 0.2) is 8.32 Å². The molecule has 0 N–H and O–H groups in total. The quantitative estimate of drug-likeness (QED) is 0.265. The highest BCUT2D eigenvalue weighted by molar-refractivity contribution is 6.79. The van der Waals surface area contributed by atoms with E-state index in [0.717, 1.165) is 32.0 Å². The molecule has 0 aromatic carbocycles. The van der Waals surface area contributed by atoms with E-state index in [1.165, 1.54) is 0 Å². The van der Waals surface area contributed by atoms with Gasteiger partial charge in [-0.3, -0.25) is 4.79 Å². The van der Waals surface area contributed by atoms with Gasteiger partial charge in [-0.1, -0.05) is 68.1 Å². The number of rotatable bonds is 14. The van der Waals surface area contributed by atoms with Gasteiger partial charge in [-0.25, -0.2) is 0 Å². The standard InChI is InChI=1S/C22H51NO3Si3/c1-13-16-25-28(11,12)17-14-15-23(27(8,9)10)18-22(24)26-29(19(2)3,20(4)5)21(6)7/h19-21H,13-18H2,1-12H3. The Bertz CT molecular complexity index is 466. The predicted octanol–water partition coefficient (Wildman–Crippen LogP) is 6.86. The molecule has 0 aliphatic heterocycles. The Kier molecular flexibility index (Phi) is 12.2. The Morgan fingerprint density at radius 2 is 1.38 bits per heavy atom. The third-order valence-electron chi connectivity index (χ3n) is 6.17. The van der Waals surface area contributed by atoms with E-state index in [1.807, 2.05) is 0 Å². The zero-order chi connectivity index (χ0) is 23.0. The number of carbonyl (C=O) groups excluding carboxylic acids is 1. The summed E-state index contributed by atoms with van der Waals surface area (Å²) in [4.78, 5) is 13.1. The summed E-state index contributed by atoms with van der Waals surface area (Å²) in [6.07, 6.45) is 2.18. The molecule has 7 heteroatoms. The van der Waals surface area contributed by atoms with Crippen molar-refractivity contribution in [3.63, 3.8) is 0 Å². The molecule has 0 aromatic heterocycles. The summed E-state index contributed by atoms with van der Waals surface area (Å²) in [6.45, 7) is 29.5. The molecule has 0 saturated carbocycles. The van der Waals surface area contributed by atoms with Crippen LogP contribution in [0.25, 0.3) is 0 Å².